The summed E-state index contributed by atoms with van der Waals surface area (Å²) >= 11 is 0. The number of fused-ring (bicyclic) bond motifs is 1. The molecule has 0 atom stereocenters. The Kier molecular flexibility index (Phi) is 3.33. The van der Waals surface area contributed by atoms with Crippen LogP contribution in [0.15, 0.2) is 42.9 Å². The summed E-state index contributed by atoms with van der Waals surface area (Å²) in [5.74, 6) is 0. The van der Waals surface area contributed by atoms with Gasteiger partial charge >= 0.3 is 0 Å². The zero-order valence-electron chi connectivity index (χ0n) is 12.4. The fourth-order valence-electron chi connectivity index (χ4n) is 2.78. The molecule has 0 radical (unpaired) electrons. The summed E-state index contributed by atoms with van der Waals surface area (Å²) in [6.07, 6.45) is 5.10. The van der Waals surface area contributed by atoms with Crippen molar-refractivity contribution in [2.75, 3.05) is 0 Å². The van der Waals surface area contributed by atoms with Gasteiger partial charge < -0.3 is 5.32 Å². The molecule has 3 aromatic rings. The summed E-state index contributed by atoms with van der Waals surface area (Å²) in [6.45, 7) is 2.55. The van der Waals surface area contributed by atoms with E-state index in [1.165, 1.54) is 22.9 Å². The predicted molar refractivity (Wildman–Crippen MR) is 84.1 cm³/mol. The number of nitriles is 1. The smallest absolute Gasteiger partial charge is 0.114 e. The highest BCUT2D eigenvalue weighted by molar-refractivity contribution is 5.58. The SMILES string of the molecule is N#Cc1cncc(-c2cn(Cc3ccc4c(c3)CNC4)nn2)c1. The maximum atomic E-state index is 8.95. The third kappa shape index (κ3) is 2.70. The van der Waals surface area contributed by atoms with E-state index in [4.69, 9.17) is 5.26 Å². The Morgan fingerprint density at radius 1 is 1.17 bits per heavy atom. The first-order chi connectivity index (χ1) is 11.3. The van der Waals surface area contributed by atoms with Crippen LogP contribution in [0.25, 0.3) is 11.3 Å². The Morgan fingerprint density at radius 2 is 2.09 bits per heavy atom. The minimum absolute atomic E-state index is 0.517. The molecule has 23 heavy (non-hydrogen) atoms. The van der Waals surface area contributed by atoms with Crippen LogP contribution in [0.2, 0.25) is 0 Å². The van der Waals surface area contributed by atoms with Gasteiger partial charge in [0.05, 0.1) is 18.3 Å². The van der Waals surface area contributed by atoms with Gasteiger partial charge in [0.15, 0.2) is 0 Å². The number of hydrogen-bond donors (Lipinski definition) is 1. The lowest BCUT2D eigenvalue weighted by atomic mass is 10.1. The summed E-state index contributed by atoms with van der Waals surface area (Å²) in [5, 5.41) is 20.7. The topological polar surface area (TPSA) is 79.4 Å². The van der Waals surface area contributed by atoms with Crippen molar-refractivity contribution in [3.05, 3.63) is 65.1 Å². The number of pyridine rings is 1. The maximum Gasteiger partial charge on any atom is 0.114 e. The van der Waals surface area contributed by atoms with Crippen LogP contribution in [0.4, 0.5) is 0 Å². The second-order valence-electron chi connectivity index (χ2n) is 5.58. The van der Waals surface area contributed by atoms with E-state index < -0.39 is 0 Å². The lowest BCUT2D eigenvalue weighted by Crippen LogP contribution is -2.01. The number of nitrogens with one attached hydrogen (secondary N) is 1. The molecule has 0 amide bonds. The summed E-state index contributed by atoms with van der Waals surface area (Å²) in [5.41, 5.74) is 5.96. The van der Waals surface area contributed by atoms with E-state index in [9.17, 15) is 0 Å². The molecule has 3 heterocycles. The van der Waals surface area contributed by atoms with Crippen molar-refractivity contribution in [2.24, 2.45) is 0 Å². The van der Waals surface area contributed by atoms with Crippen LogP contribution in [0.5, 0.6) is 0 Å². The van der Waals surface area contributed by atoms with Crippen molar-refractivity contribution in [2.45, 2.75) is 19.6 Å². The van der Waals surface area contributed by atoms with E-state index in [2.05, 4.69) is 44.9 Å². The van der Waals surface area contributed by atoms with Crippen LogP contribution >= 0.6 is 0 Å². The van der Waals surface area contributed by atoms with Gasteiger partial charge in [-0.2, -0.15) is 5.26 Å². The molecule has 2 aromatic heterocycles. The van der Waals surface area contributed by atoms with Crippen molar-refractivity contribution in [3.63, 3.8) is 0 Å². The predicted octanol–water partition coefficient (Wildman–Crippen LogP) is 1.86. The van der Waals surface area contributed by atoms with Crippen molar-refractivity contribution in [3.8, 4) is 17.3 Å². The lowest BCUT2D eigenvalue weighted by molar-refractivity contribution is 0.649. The van der Waals surface area contributed by atoms with Crippen LogP contribution in [0, 0.1) is 11.3 Å². The molecule has 1 aromatic carbocycles. The molecule has 0 unspecified atom stereocenters. The van der Waals surface area contributed by atoms with Gasteiger partial charge in [-0.1, -0.05) is 23.4 Å². The molecule has 1 aliphatic heterocycles. The summed E-state index contributed by atoms with van der Waals surface area (Å²) in [7, 11) is 0. The largest absolute Gasteiger partial charge is 0.309 e. The minimum Gasteiger partial charge on any atom is -0.309 e. The fourth-order valence-corrected chi connectivity index (χ4v) is 2.78. The average Bonchev–Trinajstić information content (AvgIpc) is 3.24. The molecule has 0 spiro atoms. The van der Waals surface area contributed by atoms with Crippen LogP contribution < -0.4 is 5.32 Å². The molecule has 0 saturated heterocycles. The highest BCUT2D eigenvalue weighted by Gasteiger charge is 2.11. The van der Waals surface area contributed by atoms with E-state index in [-0.39, 0.29) is 0 Å². The lowest BCUT2D eigenvalue weighted by Gasteiger charge is -2.04. The number of rotatable bonds is 3. The van der Waals surface area contributed by atoms with Crippen molar-refractivity contribution in [1.82, 2.24) is 25.3 Å². The van der Waals surface area contributed by atoms with Crippen molar-refractivity contribution >= 4 is 0 Å². The van der Waals surface area contributed by atoms with Crippen LogP contribution in [0.3, 0.4) is 0 Å². The van der Waals surface area contributed by atoms with Gasteiger partial charge in [0.25, 0.3) is 0 Å². The first kappa shape index (κ1) is 13.6. The highest BCUT2D eigenvalue weighted by Crippen LogP contribution is 2.19. The number of benzene rings is 1. The van der Waals surface area contributed by atoms with Gasteiger partial charge in [-0.15, -0.1) is 5.10 Å². The minimum atomic E-state index is 0.517. The Hall–Kier alpha value is -3.04. The van der Waals surface area contributed by atoms with Crippen LogP contribution in [-0.4, -0.2) is 20.0 Å². The molecular formula is C17H14N6. The van der Waals surface area contributed by atoms with Gasteiger partial charge in [0.2, 0.25) is 0 Å². The highest BCUT2D eigenvalue weighted by atomic mass is 15.4. The summed E-state index contributed by atoms with van der Waals surface area (Å²) in [6, 6.07) is 10.4. The van der Waals surface area contributed by atoms with E-state index in [0.717, 1.165) is 24.3 Å². The molecule has 6 nitrogen and oxygen atoms in total. The van der Waals surface area contributed by atoms with E-state index >= 15 is 0 Å². The molecule has 0 bridgehead atoms. The van der Waals surface area contributed by atoms with E-state index in [1.807, 2.05) is 6.20 Å². The zero-order chi connectivity index (χ0) is 15.6. The normalized spacial score (nSPS) is 12.8. The van der Waals surface area contributed by atoms with Crippen molar-refractivity contribution < 1.29 is 0 Å². The molecule has 0 saturated carbocycles. The van der Waals surface area contributed by atoms with E-state index in [0.29, 0.717) is 12.1 Å². The molecular weight excluding hydrogens is 288 g/mol. The Balaban J connectivity index is 1.57. The summed E-state index contributed by atoms with van der Waals surface area (Å²) < 4.78 is 1.80. The standard InChI is InChI=1S/C17H14N6/c18-5-13-4-16(9-19-6-13)17-11-23(22-21-17)10-12-1-2-14-7-20-8-15(14)3-12/h1-4,6,9,11,20H,7-8,10H2. The quantitative estimate of drug-likeness (QED) is 0.799. The first-order valence-corrected chi connectivity index (χ1v) is 7.39. The maximum absolute atomic E-state index is 8.95. The van der Waals surface area contributed by atoms with Crippen LogP contribution in [0.1, 0.15) is 22.3 Å². The molecule has 0 fully saturated rings. The van der Waals surface area contributed by atoms with Gasteiger partial charge in [-0.25, -0.2) is 4.68 Å². The summed E-state index contributed by atoms with van der Waals surface area (Å²) in [4.78, 5) is 4.06. The van der Waals surface area contributed by atoms with Gasteiger partial charge in [0, 0.05) is 31.0 Å². The van der Waals surface area contributed by atoms with Gasteiger partial charge in [-0.3, -0.25) is 4.98 Å². The van der Waals surface area contributed by atoms with E-state index in [1.54, 1.807) is 16.9 Å². The zero-order valence-corrected chi connectivity index (χ0v) is 12.4. The number of nitrogens with zero attached hydrogens (tertiary/aromatic N) is 5. The van der Waals surface area contributed by atoms with Crippen LogP contribution in [-0.2, 0) is 19.6 Å². The second kappa shape index (κ2) is 5.63. The first-order valence-electron chi connectivity index (χ1n) is 7.39. The number of aromatic nitrogens is 4. The molecule has 1 N–H and O–H groups in total. The molecule has 4 rings (SSSR count). The van der Waals surface area contributed by atoms with Gasteiger partial charge in [-0.05, 0) is 22.8 Å². The molecule has 112 valence electrons. The Bertz CT molecular complexity index is 905. The third-order valence-corrected chi connectivity index (χ3v) is 3.95. The number of hydrogen-bond acceptors (Lipinski definition) is 5. The third-order valence-electron chi connectivity index (χ3n) is 3.95. The molecule has 6 heteroatoms. The molecule has 0 aliphatic carbocycles. The Morgan fingerprint density at radius 3 is 3.00 bits per heavy atom. The average molecular weight is 302 g/mol. The van der Waals surface area contributed by atoms with Gasteiger partial charge in [0.1, 0.15) is 11.8 Å². The van der Waals surface area contributed by atoms with Crippen molar-refractivity contribution in [1.29, 1.82) is 5.26 Å². The fraction of sp³-hybridized carbons (Fsp3) is 0.176. The Labute approximate surface area is 133 Å². The molecule has 1 aliphatic rings. The second-order valence-corrected chi connectivity index (χ2v) is 5.58. The monoisotopic (exact) mass is 302 g/mol.